The summed E-state index contributed by atoms with van der Waals surface area (Å²) in [5.74, 6) is -0.549. The van der Waals surface area contributed by atoms with Crippen LogP contribution >= 0.6 is 11.6 Å². The number of para-hydroxylation sites is 1. The zero-order valence-electron chi connectivity index (χ0n) is 14.4. The number of rotatable bonds is 4. The largest absolute Gasteiger partial charge is 0.507 e. The molecule has 1 aromatic heterocycles. The summed E-state index contributed by atoms with van der Waals surface area (Å²) in [4.78, 5) is 12.1. The maximum atomic E-state index is 12.1. The molecule has 6 heteroatoms. The summed E-state index contributed by atoms with van der Waals surface area (Å²) in [6.45, 7) is 3.98. The van der Waals surface area contributed by atoms with Crippen LogP contribution < -0.4 is 5.43 Å². The number of carbonyl (C=O) groups excluding carboxylic acids is 1. The van der Waals surface area contributed by atoms with E-state index in [2.05, 4.69) is 15.1 Å². The Morgan fingerprint density at radius 2 is 1.85 bits per heavy atom. The number of carbonyl (C=O) groups is 1. The molecule has 0 spiro atoms. The van der Waals surface area contributed by atoms with E-state index < -0.39 is 5.91 Å². The van der Waals surface area contributed by atoms with Crippen LogP contribution in [0.5, 0.6) is 5.75 Å². The molecule has 2 aromatic carbocycles. The van der Waals surface area contributed by atoms with Gasteiger partial charge in [-0.2, -0.15) is 5.10 Å². The second kappa shape index (κ2) is 7.45. The number of hydrazone groups is 1. The van der Waals surface area contributed by atoms with Crippen LogP contribution in [0.1, 0.15) is 27.3 Å². The van der Waals surface area contributed by atoms with Crippen molar-refractivity contribution in [3.63, 3.8) is 0 Å². The summed E-state index contributed by atoms with van der Waals surface area (Å²) >= 11 is 5.96. The van der Waals surface area contributed by atoms with Gasteiger partial charge in [-0.15, -0.1) is 0 Å². The predicted molar refractivity (Wildman–Crippen MR) is 103 cm³/mol. The number of nitrogens with one attached hydrogen (secondary N) is 1. The lowest BCUT2D eigenvalue weighted by Gasteiger charge is -2.09. The monoisotopic (exact) mass is 367 g/mol. The van der Waals surface area contributed by atoms with E-state index in [1.807, 2.05) is 44.2 Å². The van der Waals surface area contributed by atoms with Gasteiger partial charge in [-0.3, -0.25) is 4.79 Å². The minimum Gasteiger partial charge on any atom is -0.507 e. The molecule has 5 nitrogen and oxygen atoms in total. The van der Waals surface area contributed by atoms with Crippen molar-refractivity contribution < 1.29 is 9.90 Å². The molecule has 26 heavy (non-hydrogen) atoms. The molecule has 0 aliphatic carbocycles. The van der Waals surface area contributed by atoms with Crippen LogP contribution in [0, 0.1) is 13.8 Å². The third kappa shape index (κ3) is 3.63. The molecule has 132 valence electrons. The van der Waals surface area contributed by atoms with Crippen molar-refractivity contribution in [3.8, 4) is 11.4 Å². The van der Waals surface area contributed by atoms with Gasteiger partial charge in [-0.05, 0) is 56.3 Å². The molecule has 0 bridgehead atoms. The number of halogens is 1. The maximum Gasteiger partial charge on any atom is 0.275 e. The summed E-state index contributed by atoms with van der Waals surface area (Å²) < 4.78 is 2.09. The molecule has 0 radical (unpaired) electrons. The van der Waals surface area contributed by atoms with Crippen LogP contribution in [0.2, 0.25) is 5.02 Å². The Morgan fingerprint density at radius 1 is 1.15 bits per heavy atom. The Balaban J connectivity index is 1.79. The number of phenolic OH excluding ortho intramolecular Hbond substituents is 1. The highest BCUT2D eigenvalue weighted by molar-refractivity contribution is 6.30. The summed E-state index contributed by atoms with van der Waals surface area (Å²) in [6.07, 6.45) is 1.59. The smallest absolute Gasteiger partial charge is 0.275 e. The molecule has 3 aromatic rings. The average Bonchev–Trinajstić information content (AvgIpc) is 2.90. The molecule has 1 amide bonds. The zero-order chi connectivity index (χ0) is 18.7. The van der Waals surface area contributed by atoms with Gasteiger partial charge in [-0.25, -0.2) is 5.43 Å². The average molecular weight is 368 g/mol. The number of benzene rings is 2. The summed E-state index contributed by atoms with van der Waals surface area (Å²) in [6, 6.07) is 15.9. The minimum absolute atomic E-state index is 0.0823. The number of phenols is 1. The van der Waals surface area contributed by atoms with Gasteiger partial charge in [0, 0.05) is 27.7 Å². The molecular formula is C20H18ClN3O2. The van der Waals surface area contributed by atoms with Gasteiger partial charge in [0.1, 0.15) is 5.75 Å². The van der Waals surface area contributed by atoms with Gasteiger partial charge in [-0.1, -0.05) is 23.7 Å². The molecular weight excluding hydrogens is 350 g/mol. The van der Waals surface area contributed by atoms with E-state index in [4.69, 9.17) is 11.6 Å². The van der Waals surface area contributed by atoms with Crippen molar-refractivity contribution in [2.24, 2.45) is 5.10 Å². The Bertz CT molecular complexity index is 975. The van der Waals surface area contributed by atoms with Crippen LogP contribution in [-0.4, -0.2) is 21.8 Å². The third-order valence-electron chi connectivity index (χ3n) is 4.07. The lowest BCUT2D eigenvalue weighted by Crippen LogP contribution is -2.17. The lowest BCUT2D eigenvalue weighted by atomic mass is 10.2. The molecule has 0 unspecified atom stereocenters. The van der Waals surface area contributed by atoms with Crippen molar-refractivity contribution in [2.75, 3.05) is 0 Å². The first-order valence-electron chi connectivity index (χ1n) is 8.03. The number of hydrogen-bond acceptors (Lipinski definition) is 3. The molecule has 0 saturated carbocycles. The first kappa shape index (κ1) is 17.8. The van der Waals surface area contributed by atoms with E-state index in [0.29, 0.717) is 5.02 Å². The van der Waals surface area contributed by atoms with E-state index in [0.717, 1.165) is 22.6 Å². The number of hydrogen-bond donors (Lipinski definition) is 2. The number of aromatic hydroxyl groups is 1. The highest BCUT2D eigenvalue weighted by Crippen LogP contribution is 2.21. The second-order valence-electron chi connectivity index (χ2n) is 5.85. The number of amides is 1. The standard InChI is InChI=1S/C20H18ClN3O2/c1-13-11-15(14(2)24(13)17-9-7-16(21)8-10-17)12-22-23-20(26)18-5-3-4-6-19(18)25/h3-12,25H,1-2H3,(H,23,26)/b22-12-. The fourth-order valence-electron chi connectivity index (χ4n) is 2.79. The minimum atomic E-state index is -0.467. The maximum absolute atomic E-state index is 12.1. The van der Waals surface area contributed by atoms with E-state index >= 15 is 0 Å². The van der Waals surface area contributed by atoms with Gasteiger partial charge in [0.15, 0.2) is 0 Å². The fraction of sp³-hybridized carbons (Fsp3) is 0.100. The van der Waals surface area contributed by atoms with Gasteiger partial charge >= 0.3 is 0 Å². The van der Waals surface area contributed by atoms with Crippen molar-refractivity contribution in [2.45, 2.75) is 13.8 Å². The zero-order valence-corrected chi connectivity index (χ0v) is 15.2. The van der Waals surface area contributed by atoms with Gasteiger partial charge < -0.3 is 9.67 Å². The normalized spacial score (nSPS) is 11.0. The molecule has 0 atom stereocenters. The van der Waals surface area contributed by atoms with Crippen molar-refractivity contribution in [1.82, 2.24) is 9.99 Å². The van der Waals surface area contributed by atoms with Crippen molar-refractivity contribution in [3.05, 3.63) is 82.1 Å². The van der Waals surface area contributed by atoms with Gasteiger partial charge in [0.2, 0.25) is 0 Å². The summed E-state index contributed by atoms with van der Waals surface area (Å²) in [5.41, 5.74) is 6.53. The highest BCUT2D eigenvalue weighted by atomic mass is 35.5. The molecule has 0 fully saturated rings. The summed E-state index contributed by atoms with van der Waals surface area (Å²) in [5, 5.41) is 14.4. The van der Waals surface area contributed by atoms with Gasteiger partial charge in [0.05, 0.1) is 11.8 Å². The Hall–Kier alpha value is -3.05. The third-order valence-corrected chi connectivity index (χ3v) is 4.33. The van der Waals surface area contributed by atoms with E-state index in [9.17, 15) is 9.90 Å². The van der Waals surface area contributed by atoms with E-state index in [1.165, 1.54) is 12.1 Å². The first-order valence-corrected chi connectivity index (χ1v) is 8.41. The van der Waals surface area contributed by atoms with Crippen LogP contribution in [0.15, 0.2) is 59.7 Å². The quantitative estimate of drug-likeness (QED) is 0.535. The van der Waals surface area contributed by atoms with Crippen molar-refractivity contribution >= 4 is 23.7 Å². The van der Waals surface area contributed by atoms with E-state index in [1.54, 1.807) is 18.3 Å². The number of nitrogens with zero attached hydrogens (tertiary/aromatic N) is 2. The molecule has 1 heterocycles. The Morgan fingerprint density at radius 3 is 2.54 bits per heavy atom. The SMILES string of the molecule is Cc1cc(/C=N\NC(=O)c2ccccc2O)c(C)n1-c1ccc(Cl)cc1. The number of aromatic nitrogens is 1. The van der Waals surface area contributed by atoms with Gasteiger partial charge in [0.25, 0.3) is 5.91 Å². The van der Waals surface area contributed by atoms with Crippen LogP contribution in [0.4, 0.5) is 0 Å². The Kier molecular flexibility index (Phi) is 5.09. The fourth-order valence-corrected chi connectivity index (χ4v) is 2.92. The lowest BCUT2D eigenvalue weighted by molar-refractivity contribution is 0.0952. The van der Waals surface area contributed by atoms with Crippen molar-refractivity contribution in [1.29, 1.82) is 0 Å². The molecule has 0 saturated heterocycles. The summed E-state index contributed by atoms with van der Waals surface area (Å²) in [7, 11) is 0. The second-order valence-corrected chi connectivity index (χ2v) is 6.29. The Labute approximate surface area is 156 Å². The van der Waals surface area contributed by atoms with Crippen LogP contribution in [0.3, 0.4) is 0 Å². The van der Waals surface area contributed by atoms with Crippen LogP contribution in [-0.2, 0) is 0 Å². The predicted octanol–water partition coefficient (Wildman–Crippen LogP) is 4.22. The topological polar surface area (TPSA) is 66.6 Å². The first-order chi connectivity index (χ1) is 12.5. The molecule has 0 aliphatic heterocycles. The highest BCUT2D eigenvalue weighted by Gasteiger charge is 2.11. The molecule has 0 aliphatic rings. The van der Waals surface area contributed by atoms with Crippen LogP contribution in [0.25, 0.3) is 5.69 Å². The molecule has 2 N–H and O–H groups in total. The molecule has 3 rings (SSSR count). The number of aryl methyl sites for hydroxylation is 1. The van der Waals surface area contributed by atoms with E-state index in [-0.39, 0.29) is 11.3 Å².